The standard InChI is InChI=1S/C18H17FN2O3/c1-2-23-16-6-4-3-5-14(16)20-18(22)17-11-15(21-24-17)12-7-9-13(19)10-8-12/h3-10,17H,2,11H2,1H3,(H,20,22). The lowest BCUT2D eigenvalue weighted by Gasteiger charge is -2.13. The summed E-state index contributed by atoms with van der Waals surface area (Å²) < 4.78 is 18.5. The topological polar surface area (TPSA) is 59.9 Å². The Hall–Kier alpha value is -2.89. The number of nitrogens with one attached hydrogen (secondary N) is 1. The van der Waals surface area contributed by atoms with Crippen molar-refractivity contribution in [1.29, 1.82) is 0 Å². The van der Waals surface area contributed by atoms with Gasteiger partial charge in [-0.05, 0) is 36.8 Å². The van der Waals surface area contributed by atoms with Crippen LogP contribution >= 0.6 is 0 Å². The van der Waals surface area contributed by atoms with Crippen LogP contribution in [0, 0.1) is 5.82 Å². The summed E-state index contributed by atoms with van der Waals surface area (Å²) in [5.41, 5.74) is 1.94. The molecule has 0 aromatic heterocycles. The third-order valence-corrected chi connectivity index (χ3v) is 3.58. The molecule has 1 unspecified atom stereocenters. The van der Waals surface area contributed by atoms with Crippen LogP contribution in [0.25, 0.3) is 0 Å². The van der Waals surface area contributed by atoms with E-state index in [4.69, 9.17) is 9.57 Å². The monoisotopic (exact) mass is 328 g/mol. The van der Waals surface area contributed by atoms with E-state index in [0.29, 0.717) is 30.2 Å². The Balaban J connectivity index is 1.65. The minimum absolute atomic E-state index is 0.303. The highest BCUT2D eigenvalue weighted by Gasteiger charge is 2.29. The van der Waals surface area contributed by atoms with Crippen molar-refractivity contribution >= 4 is 17.3 Å². The minimum atomic E-state index is -0.722. The molecule has 6 heteroatoms. The smallest absolute Gasteiger partial charge is 0.268 e. The number of carbonyl (C=O) groups excluding carboxylic acids is 1. The van der Waals surface area contributed by atoms with Crippen LogP contribution in [0.1, 0.15) is 18.9 Å². The van der Waals surface area contributed by atoms with Gasteiger partial charge in [-0.2, -0.15) is 0 Å². The average molecular weight is 328 g/mol. The summed E-state index contributed by atoms with van der Waals surface area (Å²) >= 11 is 0. The number of oxime groups is 1. The van der Waals surface area contributed by atoms with Gasteiger partial charge in [0.1, 0.15) is 11.6 Å². The summed E-state index contributed by atoms with van der Waals surface area (Å²) in [5.74, 6) is -0.0193. The van der Waals surface area contributed by atoms with Crippen LogP contribution in [-0.2, 0) is 9.63 Å². The first kappa shape index (κ1) is 16.0. The number of carbonyl (C=O) groups is 1. The first-order chi connectivity index (χ1) is 11.7. The number of benzene rings is 2. The number of hydrogen-bond acceptors (Lipinski definition) is 4. The fourth-order valence-corrected chi connectivity index (χ4v) is 2.40. The lowest BCUT2D eigenvalue weighted by Crippen LogP contribution is -2.28. The van der Waals surface area contributed by atoms with Gasteiger partial charge in [0.15, 0.2) is 0 Å². The Kier molecular flexibility index (Phi) is 4.74. The number of para-hydroxylation sites is 2. The number of hydrogen-bond donors (Lipinski definition) is 1. The maximum Gasteiger partial charge on any atom is 0.268 e. The van der Waals surface area contributed by atoms with Gasteiger partial charge in [-0.3, -0.25) is 4.79 Å². The van der Waals surface area contributed by atoms with Gasteiger partial charge in [-0.15, -0.1) is 0 Å². The van der Waals surface area contributed by atoms with E-state index in [0.717, 1.165) is 5.56 Å². The maximum atomic E-state index is 13.0. The Morgan fingerprint density at radius 1 is 1.29 bits per heavy atom. The Morgan fingerprint density at radius 3 is 2.79 bits per heavy atom. The molecule has 0 fully saturated rings. The third kappa shape index (κ3) is 3.53. The summed E-state index contributed by atoms with van der Waals surface area (Å²) in [5, 5.41) is 6.74. The molecule has 24 heavy (non-hydrogen) atoms. The molecule has 0 radical (unpaired) electrons. The predicted octanol–water partition coefficient (Wildman–Crippen LogP) is 3.36. The van der Waals surface area contributed by atoms with Crippen molar-refractivity contribution in [3.8, 4) is 5.75 Å². The Bertz CT molecular complexity index is 759. The van der Waals surface area contributed by atoms with Crippen molar-refractivity contribution in [3.05, 3.63) is 59.9 Å². The number of rotatable bonds is 5. The maximum absolute atomic E-state index is 13.0. The summed E-state index contributed by atoms with van der Waals surface area (Å²) in [6.07, 6.45) is -0.395. The molecule has 2 aromatic carbocycles. The molecule has 0 bridgehead atoms. The highest BCUT2D eigenvalue weighted by Crippen LogP contribution is 2.25. The fraction of sp³-hybridized carbons (Fsp3) is 0.222. The van der Waals surface area contributed by atoms with Crippen molar-refractivity contribution in [2.24, 2.45) is 5.16 Å². The summed E-state index contributed by atoms with van der Waals surface area (Å²) in [6, 6.07) is 13.1. The molecule has 1 amide bonds. The largest absolute Gasteiger partial charge is 0.492 e. The number of nitrogens with zero attached hydrogens (tertiary/aromatic N) is 1. The molecule has 0 aliphatic carbocycles. The van der Waals surface area contributed by atoms with Crippen LogP contribution < -0.4 is 10.1 Å². The van der Waals surface area contributed by atoms with Crippen LogP contribution in [0.15, 0.2) is 53.7 Å². The van der Waals surface area contributed by atoms with Gasteiger partial charge in [0.05, 0.1) is 18.0 Å². The lowest BCUT2D eigenvalue weighted by molar-refractivity contribution is -0.125. The fourth-order valence-electron chi connectivity index (χ4n) is 2.40. The van der Waals surface area contributed by atoms with Crippen molar-refractivity contribution in [1.82, 2.24) is 0 Å². The van der Waals surface area contributed by atoms with E-state index < -0.39 is 6.10 Å². The Morgan fingerprint density at radius 2 is 2.04 bits per heavy atom. The van der Waals surface area contributed by atoms with E-state index >= 15 is 0 Å². The molecule has 1 N–H and O–H groups in total. The van der Waals surface area contributed by atoms with Crippen molar-refractivity contribution < 1.29 is 18.8 Å². The molecule has 1 atom stereocenters. The Labute approximate surface area is 139 Å². The van der Waals surface area contributed by atoms with Gasteiger partial charge in [0, 0.05) is 6.42 Å². The van der Waals surface area contributed by atoms with Gasteiger partial charge >= 0.3 is 0 Å². The second-order valence-electron chi connectivity index (χ2n) is 5.26. The first-order valence-corrected chi connectivity index (χ1v) is 7.68. The van der Waals surface area contributed by atoms with Gasteiger partial charge < -0.3 is 14.9 Å². The third-order valence-electron chi connectivity index (χ3n) is 3.58. The van der Waals surface area contributed by atoms with Crippen LogP contribution in [0.5, 0.6) is 5.75 Å². The molecule has 0 spiro atoms. The van der Waals surface area contributed by atoms with Crippen LogP contribution in [0.4, 0.5) is 10.1 Å². The number of amides is 1. The van der Waals surface area contributed by atoms with E-state index in [1.54, 1.807) is 24.3 Å². The van der Waals surface area contributed by atoms with E-state index in [9.17, 15) is 9.18 Å². The zero-order valence-corrected chi connectivity index (χ0v) is 13.2. The molecule has 2 aromatic rings. The minimum Gasteiger partial charge on any atom is -0.492 e. The molecule has 3 rings (SSSR count). The summed E-state index contributed by atoms with van der Waals surface area (Å²) in [6.45, 7) is 2.38. The van der Waals surface area contributed by atoms with Gasteiger partial charge in [-0.1, -0.05) is 29.4 Å². The number of anilines is 1. The first-order valence-electron chi connectivity index (χ1n) is 7.68. The average Bonchev–Trinajstić information content (AvgIpc) is 3.08. The molecule has 0 saturated carbocycles. The van der Waals surface area contributed by atoms with Crippen LogP contribution in [-0.4, -0.2) is 24.3 Å². The van der Waals surface area contributed by atoms with E-state index in [1.807, 2.05) is 19.1 Å². The number of halogens is 1. The second kappa shape index (κ2) is 7.12. The second-order valence-corrected chi connectivity index (χ2v) is 5.26. The predicted molar refractivity (Wildman–Crippen MR) is 88.7 cm³/mol. The van der Waals surface area contributed by atoms with Gasteiger partial charge in [0.25, 0.3) is 5.91 Å². The van der Waals surface area contributed by atoms with Gasteiger partial charge in [-0.25, -0.2) is 4.39 Å². The highest BCUT2D eigenvalue weighted by atomic mass is 19.1. The molecule has 1 aliphatic rings. The van der Waals surface area contributed by atoms with Crippen LogP contribution in [0.3, 0.4) is 0 Å². The van der Waals surface area contributed by atoms with Gasteiger partial charge in [0.2, 0.25) is 6.10 Å². The quantitative estimate of drug-likeness (QED) is 0.915. The molecule has 0 saturated heterocycles. The zero-order valence-electron chi connectivity index (χ0n) is 13.2. The van der Waals surface area contributed by atoms with Crippen molar-refractivity contribution in [3.63, 3.8) is 0 Å². The SMILES string of the molecule is CCOc1ccccc1NC(=O)C1CC(c2ccc(F)cc2)=NO1. The highest BCUT2D eigenvalue weighted by molar-refractivity contribution is 6.06. The van der Waals surface area contributed by atoms with Crippen LogP contribution in [0.2, 0.25) is 0 Å². The van der Waals surface area contributed by atoms with E-state index in [1.165, 1.54) is 12.1 Å². The molecule has 1 aliphatic heterocycles. The molecular formula is C18H17FN2O3. The van der Waals surface area contributed by atoms with Crippen molar-refractivity contribution in [2.75, 3.05) is 11.9 Å². The summed E-state index contributed by atoms with van der Waals surface area (Å²) in [4.78, 5) is 17.6. The molecule has 5 nitrogen and oxygen atoms in total. The van der Waals surface area contributed by atoms with E-state index in [-0.39, 0.29) is 11.7 Å². The molecule has 1 heterocycles. The lowest BCUT2D eigenvalue weighted by atomic mass is 10.0. The summed E-state index contributed by atoms with van der Waals surface area (Å²) in [7, 11) is 0. The molecular weight excluding hydrogens is 311 g/mol. The van der Waals surface area contributed by atoms with E-state index in [2.05, 4.69) is 10.5 Å². The molecule has 124 valence electrons. The normalized spacial score (nSPS) is 16.2. The number of ether oxygens (including phenoxy) is 1. The van der Waals surface area contributed by atoms with Crippen molar-refractivity contribution in [2.45, 2.75) is 19.4 Å². The zero-order chi connectivity index (χ0) is 16.9.